The van der Waals surface area contributed by atoms with E-state index in [1.54, 1.807) is 19.1 Å². The van der Waals surface area contributed by atoms with E-state index in [-0.39, 0.29) is 30.1 Å². The zero-order valence-electron chi connectivity index (χ0n) is 18.6. The summed E-state index contributed by atoms with van der Waals surface area (Å²) in [7, 11) is 0. The summed E-state index contributed by atoms with van der Waals surface area (Å²) in [6.07, 6.45) is 0.849. The molecule has 2 heterocycles. The minimum atomic E-state index is -4.41. The van der Waals surface area contributed by atoms with Gasteiger partial charge in [-0.2, -0.15) is 13.2 Å². The molecule has 1 fully saturated rings. The van der Waals surface area contributed by atoms with E-state index in [0.29, 0.717) is 22.4 Å². The Bertz CT molecular complexity index is 1120. The standard InChI is InChI=1S/C22H25F3N6O2S/c1-14-10-20(33-30-14)27-19(32)13-34-21-29-28-18(31(21)17-8-3-2-4-9-17)12-26-16-7-5-6-15(11-16)22(23,24)25/h5-7,10-11,17,26H,2-4,8-9,12-13H2,1H3,(H,27,32). The highest BCUT2D eigenvalue weighted by atomic mass is 32.2. The second-order valence-corrected chi connectivity index (χ2v) is 9.10. The summed E-state index contributed by atoms with van der Waals surface area (Å²) in [5.41, 5.74) is 0.303. The third-order valence-corrected chi connectivity index (χ3v) is 6.48. The molecule has 8 nitrogen and oxygen atoms in total. The number of benzene rings is 1. The smallest absolute Gasteiger partial charge is 0.378 e. The van der Waals surface area contributed by atoms with Crippen LogP contribution in [0.4, 0.5) is 24.7 Å². The van der Waals surface area contributed by atoms with Crippen molar-refractivity contribution in [1.82, 2.24) is 19.9 Å². The van der Waals surface area contributed by atoms with Gasteiger partial charge in [0.25, 0.3) is 0 Å². The van der Waals surface area contributed by atoms with E-state index < -0.39 is 11.7 Å². The maximum Gasteiger partial charge on any atom is 0.416 e. The maximum absolute atomic E-state index is 13.0. The molecule has 1 aliphatic rings. The van der Waals surface area contributed by atoms with Crippen molar-refractivity contribution in [3.05, 3.63) is 47.4 Å². The SMILES string of the molecule is Cc1cc(NC(=O)CSc2nnc(CNc3cccc(C(F)(F)F)c3)n2C2CCCCC2)on1. The molecule has 12 heteroatoms. The van der Waals surface area contributed by atoms with Crippen molar-refractivity contribution in [2.75, 3.05) is 16.4 Å². The van der Waals surface area contributed by atoms with Crippen LogP contribution in [0.25, 0.3) is 0 Å². The van der Waals surface area contributed by atoms with Gasteiger partial charge in [0, 0.05) is 17.8 Å². The van der Waals surface area contributed by atoms with Crippen molar-refractivity contribution in [1.29, 1.82) is 0 Å². The number of rotatable bonds is 8. The highest BCUT2D eigenvalue weighted by Gasteiger charge is 2.30. The average molecular weight is 495 g/mol. The monoisotopic (exact) mass is 494 g/mol. The van der Waals surface area contributed by atoms with E-state index in [9.17, 15) is 18.0 Å². The number of halogens is 3. The normalized spacial score (nSPS) is 14.8. The lowest BCUT2D eigenvalue weighted by Crippen LogP contribution is -2.19. The summed E-state index contributed by atoms with van der Waals surface area (Å²) < 4.78 is 46.1. The van der Waals surface area contributed by atoms with Gasteiger partial charge in [-0.05, 0) is 38.0 Å². The van der Waals surface area contributed by atoms with Crippen LogP contribution in [0, 0.1) is 6.92 Å². The number of aromatic nitrogens is 4. The molecule has 0 spiro atoms. The van der Waals surface area contributed by atoms with Crippen molar-refractivity contribution in [2.45, 2.75) is 62.9 Å². The largest absolute Gasteiger partial charge is 0.416 e. The van der Waals surface area contributed by atoms with E-state index >= 15 is 0 Å². The van der Waals surface area contributed by atoms with Crippen LogP contribution in [-0.4, -0.2) is 31.6 Å². The topological polar surface area (TPSA) is 97.9 Å². The van der Waals surface area contributed by atoms with Crippen molar-refractivity contribution < 1.29 is 22.5 Å². The van der Waals surface area contributed by atoms with Crippen molar-refractivity contribution in [3.8, 4) is 0 Å². The van der Waals surface area contributed by atoms with Crippen LogP contribution in [0.1, 0.15) is 55.2 Å². The molecule has 1 amide bonds. The first-order valence-corrected chi connectivity index (χ1v) is 12.0. The number of carbonyl (C=O) groups is 1. The van der Waals surface area contributed by atoms with Crippen LogP contribution >= 0.6 is 11.8 Å². The number of alkyl halides is 3. The van der Waals surface area contributed by atoms with E-state index in [4.69, 9.17) is 4.52 Å². The predicted octanol–water partition coefficient (Wildman–Crippen LogP) is 5.44. The van der Waals surface area contributed by atoms with Gasteiger partial charge in [-0.25, -0.2) is 0 Å². The number of hydrogen-bond acceptors (Lipinski definition) is 7. The summed E-state index contributed by atoms with van der Waals surface area (Å²) in [4.78, 5) is 12.3. The van der Waals surface area contributed by atoms with Crippen LogP contribution in [-0.2, 0) is 17.5 Å². The number of carbonyl (C=O) groups excluding carboxylic acids is 1. The lowest BCUT2D eigenvalue weighted by atomic mass is 9.95. The molecule has 0 bridgehead atoms. The zero-order valence-corrected chi connectivity index (χ0v) is 19.4. The van der Waals surface area contributed by atoms with Gasteiger partial charge in [0.2, 0.25) is 11.8 Å². The Morgan fingerprint density at radius 1 is 1.21 bits per heavy atom. The van der Waals surface area contributed by atoms with Gasteiger partial charge < -0.3 is 14.4 Å². The van der Waals surface area contributed by atoms with Gasteiger partial charge in [-0.1, -0.05) is 42.2 Å². The summed E-state index contributed by atoms with van der Waals surface area (Å²) in [5.74, 6) is 0.745. The Morgan fingerprint density at radius 3 is 2.71 bits per heavy atom. The van der Waals surface area contributed by atoms with Gasteiger partial charge in [0.05, 0.1) is 23.6 Å². The number of hydrogen-bond donors (Lipinski definition) is 2. The Kier molecular flexibility index (Phi) is 7.44. The van der Waals surface area contributed by atoms with Gasteiger partial charge in [0.15, 0.2) is 11.0 Å². The molecule has 0 atom stereocenters. The molecule has 0 radical (unpaired) electrons. The van der Waals surface area contributed by atoms with Gasteiger partial charge in [-0.15, -0.1) is 10.2 Å². The molecule has 0 aliphatic heterocycles. The fourth-order valence-electron chi connectivity index (χ4n) is 3.95. The highest BCUT2D eigenvalue weighted by molar-refractivity contribution is 7.99. The van der Waals surface area contributed by atoms with Gasteiger partial charge >= 0.3 is 6.18 Å². The van der Waals surface area contributed by atoms with E-state index in [1.807, 2.05) is 4.57 Å². The second-order valence-electron chi connectivity index (χ2n) is 8.16. The summed E-state index contributed by atoms with van der Waals surface area (Å²) >= 11 is 1.26. The number of amides is 1. The van der Waals surface area contributed by atoms with Crippen molar-refractivity contribution >= 4 is 29.2 Å². The summed E-state index contributed by atoms with van der Waals surface area (Å²) in [6.45, 7) is 1.98. The molecular weight excluding hydrogens is 469 g/mol. The van der Waals surface area contributed by atoms with Crippen LogP contribution in [0.3, 0.4) is 0 Å². The minimum absolute atomic E-state index is 0.103. The molecule has 4 rings (SSSR count). The number of nitrogens with one attached hydrogen (secondary N) is 2. The lowest BCUT2D eigenvalue weighted by molar-refractivity contribution is -0.137. The van der Waals surface area contributed by atoms with Crippen LogP contribution in [0.2, 0.25) is 0 Å². The second kappa shape index (κ2) is 10.5. The maximum atomic E-state index is 13.0. The third-order valence-electron chi connectivity index (χ3n) is 5.54. The molecular formula is C22H25F3N6O2S. The van der Waals surface area contributed by atoms with Crippen LogP contribution in [0.5, 0.6) is 0 Å². The molecule has 3 aromatic rings. The lowest BCUT2D eigenvalue weighted by Gasteiger charge is -2.25. The minimum Gasteiger partial charge on any atom is -0.378 e. The predicted molar refractivity (Wildman–Crippen MR) is 122 cm³/mol. The fourth-order valence-corrected chi connectivity index (χ4v) is 4.77. The Balaban J connectivity index is 1.46. The summed E-state index contributed by atoms with van der Waals surface area (Å²) in [5, 5.41) is 18.6. The Hall–Kier alpha value is -3.02. The molecule has 2 N–H and O–H groups in total. The number of thioether (sulfide) groups is 1. The van der Waals surface area contributed by atoms with Crippen LogP contribution in [0.15, 0.2) is 40.0 Å². The zero-order chi connectivity index (χ0) is 24.1. The molecule has 182 valence electrons. The first-order chi connectivity index (χ1) is 16.3. The highest BCUT2D eigenvalue weighted by Crippen LogP contribution is 2.34. The van der Waals surface area contributed by atoms with E-state index in [1.165, 1.54) is 17.8 Å². The fraction of sp³-hybridized carbons (Fsp3) is 0.455. The Labute approximate surface area is 198 Å². The van der Waals surface area contributed by atoms with Gasteiger partial charge in [0.1, 0.15) is 0 Å². The van der Waals surface area contributed by atoms with Crippen molar-refractivity contribution in [2.24, 2.45) is 0 Å². The van der Waals surface area contributed by atoms with E-state index in [2.05, 4.69) is 26.0 Å². The molecule has 1 aliphatic carbocycles. The first kappa shape index (κ1) is 24.1. The van der Waals surface area contributed by atoms with Gasteiger partial charge in [-0.3, -0.25) is 10.1 Å². The number of anilines is 2. The number of aryl methyl sites for hydroxylation is 1. The Morgan fingerprint density at radius 2 is 2.00 bits per heavy atom. The molecule has 2 aromatic heterocycles. The molecule has 0 unspecified atom stereocenters. The molecule has 1 aromatic carbocycles. The quantitative estimate of drug-likeness (QED) is 0.402. The van der Waals surface area contributed by atoms with Crippen molar-refractivity contribution in [3.63, 3.8) is 0 Å². The van der Waals surface area contributed by atoms with E-state index in [0.717, 1.165) is 44.2 Å². The summed E-state index contributed by atoms with van der Waals surface area (Å²) in [6, 6.07) is 6.88. The molecule has 34 heavy (non-hydrogen) atoms. The number of nitrogens with zero attached hydrogens (tertiary/aromatic N) is 4. The molecule has 0 saturated heterocycles. The molecule has 1 saturated carbocycles. The first-order valence-electron chi connectivity index (χ1n) is 11.0. The third kappa shape index (κ3) is 6.10. The van der Waals surface area contributed by atoms with Crippen LogP contribution < -0.4 is 10.6 Å². The average Bonchev–Trinajstić information content (AvgIpc) is 3.42.